The molecule has 1 unspecified atom stereocenters. The molecule has 0 aliphatic heterocycles. The molecule has 94 valence electrons. The van der Waals surface area contributed by atoms with Crippen LogP contribution in [-0.2, 0) is 4.79 Å². The number of carbonyl (C=O) groups excluding carboxylic acids is 1. The monoisotopic (exact) mass is 274 g/mol. The molecule has 0 heterocycles. The second-order valence-corrected chi connectivity index (χ2v) is 4.67. The van der Waals surface area contributed by atoms with E-state index in [2.05, 4.69) is 10.6 Å². The van der Waals surface area contributed by atoms with E-state index in [9.17, 15) is 4.79 Å². The van der Waals surface area contributed by atoms with Gasteiger partial charge in [0, 0.05) is 17.5 Å². The standard InChI is InChI=1S/C12H16Cl2N2O/c1-3-15-7-8(2)12(17)16-11-6-9(13)4-5-10(11)14/h4-6,8,15H,3,7H2,1-2H3,(H,16,17). The lowest BCUT2D eigenvalue weighted by molar-refractivity contribution is -0.119. The maximum atomic E-state index is 11.8. The van der Waals surface area contributed by atoms with Gasteiger partial charge in [-0.1, -0.05) is 37.0 Å². The number of nitrogens with one attached hydrogen (secondary N) is 2. The first kappa shape index (κ1) is 14.3. The summed E-state index contributed by atoms with van der Waals surface area (Å²) in [7, 11) is 0. The summed E-state index contributed by atoms with van der Waals surface area (Å²) in [5.74, 6) is -0.194. The van der Waals surface area contributed by atoms with Crippen molar-refractivity contribution in [3.05, 3.63) is 28.2 Å². The van der Waals surface area contributed by atoms with Gasteiger partial charge in [0.1, 0.15) is 0 Å². The first-order valence-corrected chi connectivity index (χ1v) is 6.26. The van der Waals surface area contributed by atoms with Crippen molar-refractivity contribution in [1.29, 1.82) is 0 Å². The van der Waals surface area contributed by atoms with Gasteiger partial charge >= 0.3 is 0 Å². The fourth-order valence-electron chi connectivity index (χ4n) is 1.30. The van der Waals surface area contributed by atoms with Crippen molar-refractivity contribution in [2.75, 3.05) is 18.4 Å². The lowest BCUT2D eigenvalue weighted by Crippen LogP contribution is -2.30. The Labute approximate surface area is 111 Å². The van der Waals surface area contributed by atoms with Crippen molar-refractivity contribution in [3.8, 4) is 0 Å². The van der Waals surface area contributed by atoms with Crippen LogP contribution in [0.4, 0.5) is 5.69 Å². The van der Waals surface area contributed by atoms with Crippen molar-refractivity contribution in [2.24, 2.45) is 5.92 Å². The highest BCUT2D eigenvalue weighted by molar-refractivity contribution is 6.35. The minimum Gasteiger partial charge on any atom is -0.324 e. The molecule has 0 bridgehead atoms. The topological polar surface area (TPSA) is 41.1 Å². The molecule has 3 nitrogen and oxygen atoms in total. The third-order valence-electron chi connectivity index (χ3n) is 2.33. The molecule has 17 heavy (non-hydrogen) atoms. The van der Waals surface area contributed by atoms with Crippen LogP contribution in [0.5, 0.6) is 0 Å². The molecule has 0 aliphatic rings. The summed E-state index contributed by atoms with van der Waals surface area (Å²) in [5, 5.41) is 6.92. The van der Waals surface area contributed by atoms with Crippen molar-refractivity contribution in [3.63, 3.8) is 0 Å². The number of hydrogen-bond acceptors (Lipinski definition) is 2. The van der Waals surface area contributed by atoms with Gasteiger partial charge in [-0.15, -0.1) is 0 Å². The van der Waals surface area contributed by atoms with E-state index in [0.717, 1.165) is 6.54 Å². The number of benzene rings is 1. The third-order valence-corrected chi connectivity index (χ3v) is 2.90. The van der Waals surface area contributed by atoms with Crippen molar-refractivity contribution < 1.29 is 4.79 Å². The van der Waals surface area contributed by atoms with Gasteiger partial charge in [0.2, 0.25) is 5.91 Å². The van der Waals surface area contributed by atoms with E-state index in [1.807, 2.05) is 13.8 Å². The minimum absolute atomic E-state index is 0.0740. The molecule has 1 atom stereocenters. The Morgan fingerprint density at radius 1 is 1.41 bits per heavy atom. The molecular weight excluding hydrogens is 259 g/mol. The van der Waals surface area contributed by atoms with Gasteiger partial charge in [-0.2, -0.15) is 0 Å². The minimum atomic E-state index is -0.120. The molecule has 0 aliphatic carbocycles. The molecule has 1 aromatic carbocycles. The molecule has 0 radical (unpaired) electrons. The summed E-state index contributed by atoms with van der Waals surface area (Å²) in [6, 6.07) is 4.98. The summed E-state index contributed by atoms with van der Waals surface area (Å²) < 4.78 is 0. The number of carbonyl (C=O) groups is 1. The van der Waals surface area contributed by atoms with Crippen LogP contribution in [0.1, 0.15) is 13.8 Å². The van der Waals surface area contributed by atoms with Crippen LogP contribution < -0.4 is 10.6 Å². The van der Waals surface area contributed by atoms with Crippen LogP contribution in [-0.4, -0.2) is 19.0 Å². The maximum absolute atomic E-state index is 11.8. The highest BCUT2D eigenvalue weighted by Gasteiger charge is 2.13. The second-order valence-electron chi connectivity index (χ2n) is 3.82. The first-order valence-electron chi connectivity index (χ1n) is 5.51. The van der Waals surface area contributed by atoms with E-state index >= 15 is 0 Å². The molecule has 1 aromatic rings. The second kappa shape index (κ2) is 6.84. The quantitative estimate of drug-likeness (QED) is 0.866. The molecule has 1 amide bonds. The zero-order chi connectivity index (χ0) is 12.8. The number of hydrogen-bond donors (Lipinski definition) is 2. The molecule has 1 rings (SSSR count). The largest absolute Gasteiger partial charge is 0.324 e. The average Bonchev–Trinajstić information content (AvgIpc) is 2.30. The van der Waals surface area contributed by atoms with Crippen LogP contribution in [0.3, 0.4) is 0 Å². The molecule has 2 N–H and O–H groups in total. The van der Waals surface area contributed by atoms with E-state index in [-0.39, 0.29) is 11.8 Å². The zero-order valence-corrected chi connectivity index (χ0v) is 11.4. The summed E-state index contributed by atoms with van der Waals surface area (Å²) in [5.41, 5.74) is 0.549. The van der Waals surface area contributed by atoms with E-state index in [1.54, 1.807) is 18.2 Å². The third kappa shape index (κ3) is 4.54. The van der Waals surface area contributed by atoms with E-state index in [1.165, 1.54) is 0 Å². The lowest BCUT2D eigenvalue weighted by atomic mass is 10.1. The highest BCUT2D eigenvalue weighted by Crippen LogP contribution is 2.25. The van der Waals surface area contributed by atoms with Gasteiger partial charge in [0.05, 0.1) is 10.7 Å². The summed E-state index contributed by atoms with van der Waals surface area (Å²) in [4.78, 5) is 11.8. The fourth-order valence-corrected chi connectivity index (χ4v) is 1.64. The molecule has 0 aromatic heterocycles. The number of amides is 1. The Hall–Kier alpha value is -0.770. The normalized spacial score (nSPS) is 12.2. The Morgan fingerprint density at radius 2 is 2.12 bits per heavy atom. The van der Waals surface area contributed by atoms with Crippen molar-refractivity contribution in [2.45, 2.75) is 13.8 Å². The van der Waals surface area contributed by atoms with E-state index in [4.69, 9.17) is 23.2 Å². The molecular formula is C12H16Cl2N2O. The smallest absolute Gasteiger partial charge is 0.228 e. The maximum Gasteiger partial charge on any atom is 0.228 e. The van der Waals surface area contributed by atoms with Gasteiger partial charge in [-0.3, -0.25) is 4.79 Å². The van der Waals surface area contributed by atoms with Gasteiger partial charge < -0.3 is 10.6 Å². The van der Waals surface area contributed by atoms with Gasteiger partial charge in [0.15, 0.2) is 0 Å². The molecule has 0 fully saturated rings. The Balaban J connectivity index is 2.64. The van der Waals surface area contributed by atoms with Gasteiger partial charge in [-0.05, 0) is 24.7 Å². The van der Waals surface area contributed by atoms with E-state index in [0.29, 0.717) is 22.3 Å². The first-order chi connectivity index (χ1) is 8.04. The van der Waals surface area contributed by atoms with Crippen LogP contribution in [0.2, 0.25) is 10.0 Å². The van der Waals surface area contributed by atoms with Crippen LogP contribution in [0.15, 0.2) is 18.2 Å². The lowest BCUT2D eigenvalue weighted by Gasteiger charge is -2.13. The Morgan fingerprint density at radius 3 is 2.76 bits per heavy atom. The molecule has 5 heteroatoms. The number of rotatable bonds is 5. The highest BCUT2D eigenvalue weighted by atomic mass is 35.5. The van der Waals surface area contributed by atoms with Gasteiger partial charge in [-0.25, -0.2) is 0 Å². The number of anilines is 1. The van der Waals surface area contributed by atoms with Crippen molar-refractivity contribution in [1.82, 2.24) is 5.32 Å². The Kier molecular flexibility index (Phi) is 5.75. The predicted octanol–water partition coefficient (Wildman–Crippen LogP) is 3.18. The van der Waals surface area contributed by atoms with Crippen LogP contribution in [0, 0.1) is 5.92 Å². The van der Waals surface area contributed by atoms with Crippen LogP contribution >= 0.6 is 23.2 Å². The van der Waals surface area contributed by atoms with Gasteiger partial charge in [0.25, 0.3) is 0 Å². The van der Waals surface area contributed by atoms with E-state index < -0.39 is 0 Å². The zero-order valence-electron chi connectivity index (χ0n) is 9.89. The summed E-state index contributed by atoms with van der Waals surface area (Å²) in [6.45, 7) is 5.34. The SMILES string of the molecule is CCNCC(C)C(=O)Nc1cc(Cl)ccc1Cl. The van der Waals surface area contributed by atoms with Crippen molar-refractivity contribution >= 4 is 34.8 Å². The Bertz CT molecular complexity index is 396. The fraction of sp³-hybridized carbons (Fsp3) is 0.417. The molecule has 0 saturated carbocycles. The molecule has 0 saturated heterocycles. The average molecular weight is 275 g/mol. The molecule has 0 spiro atoms. The summed E-state index contributed by atoms with van der Waals surface area (Å²) in [6.07, 6.45) is 0. The van der Waals surface area contributed by atoms with Crippen LogP contribution in [0.25, 0.3) is 0 Å². The predicted molar refractivity (Wildman–Crippen MR) is 72.8 cm³/mol. The summed E-state index contributed by atoms with van der Waals surface area (Å²) >= 11 is 11.8. The number of halogens is 2.